The van der Waals surface area contributed by atoms with Crippen LogP contribution in [0, 0.1) is 6.92 Å². The van der Waals surface area contributed by atoms with Gasteiger partial charge in [0.25, 0.3) is 0 Å². The Labute approximate surface area is 99.6 Å². The van der Waals surface area contributed by atoms with Crippen molar-refractivity contribution in [3.8, 4) is 0 Å². The zero-order valence-electron chi connectivity index (χ0n) is 9.25. The molecule has 88 valence electrons. The first-order valence-electron chi connectivity index (χ1n) is 4.94. The van der Waals surface area contributed by atoms with Crippen molar-refractivity contribution >= 4 is 23.3 Å². The second kappa shape index (κ2) is 5.72. The van der Waals surface area contributed by atoms with Crippen LogP contribution < -0.4 is 10.6 Å². The lowest BCUT2D eigenvalue weighted by molar-refractivity contribution is -0.138. The van der Waals surface area contributed by atoms with E-state index in [2.05, 4.69) is 10.6 Å². The lowest BCUT2D eigenvalue weighted by Gasteiger charge is -2.14. The molecule has 16 heavy (non-hydrogen) atoms. The van der Waals surface area contributed by atoms with E-state index < -0.39 is 12.0 Å². The van der Waals surface area contributed by atoms with Gasteiger partial charge in [-0.2, -0.15) is 0 Å². The van der Waals surface area contributed by atoms with Crippen LogP contribution >= 0.6 is 11.6 Å². The van der Waals surface area contributed by atoms with Crippen LogP contribution in [0.25, 0.3) is 0 Å². The molecule has 0 fully saturated rings. The molecule has 0 aromatic heterocycles. The maximum absolute atomic E-state index is 10.8. The van der Waals surface area contributed by atoms with Crippen LogP contribution in [0.5, 0.6) is 0 Å². The molecule has 0 aliphatic heterocycles. The highest BCUT2D eigenvalue weighted by molar-refractivity contribution is 6.30. The van der Waals surface area contributed by atoms with E-state index in [1.165, 1.54) is 0 Å². The number of carboxylic acid groups (broad SMARTS) is 1. The Balaban J connectivity index is 2.63. The first-order chi connectivity index (χ1) is 7.54. The molecule has 1 aromatic carbocycles. The predicted octanol–water partition coefficient (Wildman–Crippen LogP) is 1.73. The van der Waals surface area contributed by atoms with Crippen LogP contribution in [0.2, 0.25) is 5.02 Å². The zero-order chi connectivity index (χ0) is 12.1. The maximum atomic E-state index is 10.8. The fourth-order valence-corrected chi connectivity index (χ4v) is 1.58. The number of carbonyl (C=O) groups is 1. The maximum Gasteiger partial charge on any atom is 0.322 e. The Morgan fingerprint density at radius 1 is 1.56 bits per heavy atom. The molecule has 0 saturated heterocycles. The van der Waals surface area contributed by atoms with Gasteiger partial charge >= 0.3 is 5.97 Å². The van der Waals surface area contributed by atoms with Crippen molar-refractivity contribution in [1.29, 1.82) is 0 Å². The number of aliphatic carboxylic acids is 1. The molecular weight excluding hydrogens is 228 g/mol. The fourth-order valence-electron chi connectivity index (χ4n) is 1.35. The van der Waals surface area contributed by atoms with Gasteiger partial charge in [0.2, 0.25) is 0 Å². The van der Waals surface area contributed by atoms with Gasteiger partial charge in [-0.3, -0.25) is 4.79 Å². The Morgan fingerprint density at radius 2 is 2.25 bits per heavy atom. The summed E-state index contributed by atoms with van der Waals surface area (Å²) in [4.78, 5) is 10.8. The summed E-state index contributed by atoms with van der Waals surface area (Å²) >= 11 is 5.82. The van der Waals surface area contributed by atoms with Crippen molar-refractivity contribution in [2.24, 2.45) is 0 Å². The molecular formula is C11H15ClN2O2. The number of hydrogen-bond acceptors (Lipinski definition) is 3. The van der Waals surface area contributed by atoms with Crippen LogP contribution in [-0.2, 0) is 4.79 Å². The van der Waals surface area contributed by atoms with Gasteiger partial charge < -0.3 is 15.7 Å². The summed E-state index contributed by atoms with van der Waals surface area (Å²) < 4.78 is 0. The molecule has 0 heterocycles. The average molecular weight is 243 g/mol. The molecule has 0 bridgehead atoms. The third-order valence-electron chi connectivity index (χ3n) is 2.33. The number of aryl methyl sites for hydroxylation is 1. The lowest BCUT2D eigenvalue weighted by Crippen LogP contribution is -2.39. The van der Waals surface area contributed by atoms with Gasteiger partial charge in [-0.25, -0.2) is 0 Å². The van der Waals surface area contributed by atoms with E-state index in [4.69, 9.17) is 16.7 Å². The molecule has 0 radical (unpaired) electrons. The highest BCUT2D eigenvalue weighted by atomic mass is 35.5. The minimum Gasteiger partial charge on any atom is -0.480 e. The van der Waals surface area contributed by atoms with Gasteiger partial charge in [0, 0.05) is 17.3 Å². The Bertz CT molecular complexity index is 382. The molecule has 1 unspecified atom stereocenters. The molecule has 3 N–H and O–H groups in total. The number of likely N-dealkylation sites (N-methyl/N-ethyl adjacent to an activating group) is 1. The van der Waals surface area contributed by atoms with E-state index in [1.54, 1.807) is 13.1 Å². The summed E-state index contributed by atoms with van der Waals surface area (Å²) in [5, 5.41) is 15.3. The second-order valence-electron chi connectivity index (χ2n) is 3.52. The van der Waals surface area contributed by atoms with E-state index in [1.807, 2.05) is 19.1 Å². The third-order valence-corrected chi connectivity index (χ3v) is 2.57. The Morgan fingerprint density at radius 3 is 2.75 bits per heavy atom. The monoisotopic (exact) mass is 242 g/mol. The van der Waals surface area contributed by atoms with Gasteiger partial charge in [-0.15, -0.1) is 0 Å². The number of rotatable bonds is 5. The highest BCUT2D eigenvalue weighted by Gasteiger charge is 2.14. The molecule has 0 spiro atoms. The number of halogens is 1. The van der Waals surface area contributed by atoms with Gasteiger partial charge in [-0.1, -0.05) is 11.6 Å². The van der Waals surface area contributed by atoms with Crippen LogP contribution in [0.1, 0.15) is 5.56 Å². The largest absolute Gasteiger partial charge is 0.480 e. The number of benzene rings is 1. The van der Waals surface area contributed by atoms with E-state index in [9.17, 15) is 4.79 Å². The minimum atomic E-state index is -0.874. The van der Waals surface area contributed by atoms with Gasteiger partial charge in [0.15, 0.2) is 0 Å². The number of hydrogen-bond donors (Lipinski definition) is 3. The van der Waals surface area contributed by atoms with Gasteiger partial charge in [0.05, 0.1) is 0 Å². The molecule has 0 amide bonds. The Hall–Kier alpha value is -1.26. The minimum absolute atomic E-state index is 0.328. The van der Waals surface area contributed by atoms with E-state index in [-0.39, 0.29) is 0 Å². The molecule has 1 aromatic rings. The van der Waals surface area contributed by atoms with Crippen LogP contribution in [0.15, 0.2) is 18.2 Å². The highest BCUT2D eigenvalue weighted by Crippen LogP contribution is 2.19. The number of anilines is 1. The average Bonchev–Trinajstić information content (AvgIpc) is 2.21. The summed E-state index contributed by atoms with van der Waals surface area (Å²) in [5.74, 6) is -0.874. The van der Waals surface area contributed by atoms with Crippen molar-refractivity contribution < 1.29 is 9.90 Å². The molecule has 0 saturated carbocycles. The van der Waals surface area contributed by atoms with Crippen molar-refractivity contribution in [3.05, 3.63) is 28.8 Å². The predicted molar refractivity (Wildman–Crippen MR) is 65.2 cm³/mol. The summed E-state index contributed by atoms with van der Waals surface area (Å²) in [6.07, 6.45) is 0. The van der Waals surface area contributed by atoms with Crippen molar-refractivity contribution in [3.63, 3.8) is 0 Å². The van der Waals surface area contributed by atoms with Gasteiger partial charge in [0.1, 0.15) is 6.04 Å². The van der Waals surface area contributed by atoms with Crippen molar-refractivity contribution in [2.45, 2.75) is 13.0 Å². The van der Waals surface area contributed by atoms with Gasteiger partial charge in [-0.05, 0) is 37.7 Å². The molecule has 5 heteroatoms. The standard InChI is InChI=1S/C11H15ClN2O2/c1-7-5-8(12)3-4-9(7)14-6-10(13-2)11(15)16/h3-5,10,13-14H,6H2,1-2H3,(H,15,16). The molecule has 0 aliphatic rings. The molecule has 1 rings (SSSR count). The SMILES string of the molecule is CNC(CNc1ccc(Cl)cc1C)C(=O)O. The van der Waals surface area contributed by atoms with E-state index >= 15 is 0 Å². The normalized spacial score (nSPS) is 12.2. The fraction of sp³-hybridized carbons (Fsp3) is 0.364. The topological polar surface area (TPSA) is 61.4 Å². The molecule has 0 aliphatic carbocycles. The van der Waals surface area contributed by atoms with Crippen LogP contribution in [0.3, 0.4) is 0 Å². The van der Waals surface area contributed by atoms with E-state index in [0.29, 0.717) is 11.6 Å². The first-order valence-corrected chi connectivity index (χ1v) is 5.32. The number of nitrogens with one attached hydrogen (secondary N) is 2. The van der Waals surface area contributed by atoms with Crippen LogP contribution in [0.4, 0.5) is 5.69 Å². The molecule has 1 atom stereocenters. The quantitative estimate of drug-likeness (QED) is 0.736. The second-order valence-corrected chi connectivity index (χ2v) is 3.96. The summed E-state index contributed by atoms with van der Waals surface area (Å²) in [6, 6.07) is 4.84. The summed E-state index contributed by atoms with van der Waals surface area (Å²) in [6.45, 7) is 2.25. The summed E-state index contributed by atoms with van der Waals surface area (Å²) in [7, 11) is 1.62. The smallest absolute Gasteiger partial charge is 0.322 e. The lowest BCUT2D eigenvalue weighted by atomic mass is 10.2. The Kier molecular flexibility index (Phi) is 4.58. The summed E-state index contributed by atoms with van der Waals surface area (Å²) in [5.41, 5.74) is 1.89. The number of carboxylic acids is 1. The van der Waals surface area contributed by atoms with E-state index in [0.717, 1.165) is 11.3 Å². The van der Waals surface area contributed by atoms with Crippen molar-refractivity contribution in [1.82, 2.24) is 5.32 Å². The molecule has 4 nitrogen and oxygen atoms in total. The first kappa shape index (κ1) is 12.8. The van der Waals surface area contributed by atoms with Crippen LogP contribution in [-0.4, -0.2) is 30.7 Å². The third kappa shape index (κ3) is 3.40. The van der Waals surface area contributed by atoms with Crippen molar-refractivity contribution in [2.75, 3.05) is 18.9 Å². The zero-order valence-corrected chi connectivity index (χ0v) is 10.0.